The molecular formula is C16H32N2O. The van der Waals surface area contributed by atoms with Crippen LogP contribution in [-0.2, 0) is 0 Å². The largest absolute Gasteiger partial charge is 0.389 e. The maximum absolute atomic E-state index is 10.5. The molecule has 0 amide bonds. The Bertz CT molecular complexity index is 284. The Hall–Kier alpha value is -0.120. The molecular weight excluding hydrogens is 236 g/mol. The van der Waals surface area contributed by atoms with Crippen LogP contribution in [-0.4, -0.2) is 48.3 Å². The van der Waals surface area contributed by atoms with Gasteiger partial charge in [-0.3, -0.25) is 0 Å². The van der Waals surface area contributed by atoms with Gasteiger partial charge in [-0.15, -0.1) is 0 Å². The highest BCUT2D eigenvalue weighted by Gasteiger charge is 2.34. The van der Waals surface area contributed by atoms with Crippen molar-refractivity contribution in [3.8, 4) is 0 Å². The molecule has 112 valence electrons. The van der Waals surface area contributed by atoms with E-state index in [1.807, 2.05) is 0 Å². The Morgan fingerprint density at radius 3 is 2.47 bits per heavy atom. The molecule has 1 atom stereocenters. The summed E-state index contributed by atoms with van der Waals surface area (Å²) in [5.74, 6) is 0. The van der Waals surface area contributed by atoms with Gasteiger partial charge < -0.3 is 15.3 Å². The van der Waals surface area contributed by atoms with Crippen molar-refractivity contribution in [2.75, 3.05) is 26.7 Å². The van der Waals surface area contributed by atoms with Crippen molar-refractivity contribution in [2.45, 2.75) is 70.4 Å². The molecule has 0 aromatic rings. The number of nitrogens with one attached hydrogen (secondary N) is 1. The van der Waals surface area contributed by atoms with E-state index in [0.29, 0.717) is 5.41 Å². The summed E-state index contributed by atoms with van der Waals surface area (Å²) in [5, 5.41) is 14.2. The minimum Gasteiger partial charge on any atom is -0.389 e. The third kappa shape index (κ3) is 4.73. The number of likely N-dealkylation sites (N-methyl/N-ethyl adjacent to an activating group) is 1. The lowest BCUT2D eigenvalue weighted by Crippen LogP contribution is -2.46. The van der Waals surface area contributed by atoms with E-state index < -0.39 is 5.60 Å². The second kappa shape index (κ2) is 6.11. The van der Waals surface area contributed by atoms with Crippen molar-refractivity contribution in [1.29, 1.82) is 0 Å². The molecule has 19 heavy (non-hydrogen) atoms. The summed E-state index contributed by atoms with van der Waals surface area (Å²) < 4.78 is 0. The third-order valence-corrected chi connectivity index (χ3v) is 5.00. The van der Waals surface area contributed by atoms with Crippen LogP contribution in [0.1, 0.15) is 58.8 Å². The number of aliphatic hydroxyl groups is 1. The Kier molecular flexibility index (Phi) is 4.91. The van der Waals surface area contributed by atoms with Gasteiger partial charge in [0.15, 0.2) is 0 Å². The molecule has 2 N–H and O–H groups in total. The molecule has 0 spiro atoms. The third-order valence-electron chi connectivity index (χ3n) is 5.00. The van der Waals surface area contributed by atoms with Gasteiger partial charge in [0.05, 0.1) is 5.60 Å². The smallest absolute Gasteiger partial charge is 0.0774 e. The van der Waals surface area contributed by atoms with Gasteiger partial charge in [0, 0.05) is 25.7 Å². The van der Waals surface area contributed by atoms with Crippen LogP contribution in [0, 0.1) is 5.41 Å². The quantitative estimate of drug-likeness (QED) is 0.709. The summed E-state index contributed by atoms with van der Waals surface area (Å²) >= 11 is 0. The molecule has 1 unspecified atom stereocenters. The van der Waals surface area contributed by atoms with Gasteiger partial charge in [0.25, 0.3) is 0 Å². The molecule has 2 fully saturated rings. The Labute approximate surface area is 118 Å². The standard InChI is InChI=1S/C16H32N2O/c1-4-15(2,11-17-14-7-8-14)12-18(3)13-16(19)9-5-6-10-16/h14,17,19H,4-13H2,1-3H3. The molecule has 2 aliphatic rings. The first-order valence-electron chi connectivity index (χ1n) is 8.09. The number of nitrogens with zero attached hydrogens (tertiary/aromatic N) is 1. The van der Waals surface area contributed by atoms with Gasteiger partial charge in [-0.2, -0.15) is 0 Å². The summed E-state index contributed by atoms with van der Waals surface area (Å²) in [6.07, 6.45) is 8.26. The average molecular weight is 268 g/mol. The van der Waals surface area contributed by atoms with Crippen LogP contribution < -0.4 is 5.32 Å². The molecule has 0 radical (unpaired) electrons. The fourth-order valence-electron chi connectivity index (χ4n) is 3.37. The highest BCUT2D eigenvalue weighted by atomic mass is 16.3. The molecule has 0 heterocycles. The fourth-order valence-corrected chi connectivity index (χ4v) is 3.37. The summed E-state index contributed by atoms with van der Waals surface area (Å²) in [6.45, 7) is 7.68. The van der Waals surface area contributed by atoms with Crippen molar-refractivity contribution in [3.63, 3.8) is 0 Å². The van der Waals surface area contributed by atoms with Crippen LogP contribution in [0.4, 0.5) is 0 Å². The van der Waals surface area contributed by atoms with E-state index in [1.165, 1.54) is 32.1 Å². The van der Waals surface area contributed by atoms with E-state index in [4.69, 9.17) is 0 Å². The topological polar surface area (TPSA) is 35.5 Å². The Morgan fingerprint density at radius 2 is 1.95 bits per heavy atom. The van der Waals surface area contributed by atoms with Crippen LogP contribution in [0.5, 0.6) is 0 Å². The highest BCUT2D eigenvalue weighted by Crippen LogP contribution is 2.31. The molecule has 3 nitrogen and oxygen atoms in total. The molecule has 2 rings (SSSR count). The van der Waals surface area contributed by atoms with Crippen molar-refractivity contribution in [2.24, 2.45) is 5.41 Å². The molecule has 3 heteroatoms. The lowest BCUT2D eigenvalue weighted by molar-refractivity contribution is 0.00637. The SMILES string of the molecule is CCC(C)(CNC1CC1)CN(C)CC1(O)CCCC1. The molecule has 2 saturated carbocycles. The van der Waals surface area contributed by atoms with Crippen molar-refractivity contribution >= 4 is 0 Å². The maximum atomic E-state index is 10.5. The van der Waals surface area contributed by atoms with E-state index in [2.05, 4.69) is 31.1 Å². The van der Waals surface area contributed by atoms with E-state index in [9.17, 15) is 5.11 Å². The molecule has 0 aliphatic heterocycles. The van der Waals surface area contributed by atoms with Crippen LogP contribution >= 0.6 is 0 Å². The zero-order chi connectivity index (χ0) is 13.9. The van der Waals surface area contributed by atoms with Gasteiger partial charge in [0.1, 0.15) is 0 Å². The molecule has 0 saturated heterocycles. The Morgan fingerprint density at radius 1 is 1.32 bits per heavy atom. The van der Waals surface area contributed by atoms with Crippen LogP contribution in [0.15, 0.2) is 0 Å². The zero-order valence-electron chi connectivity index (χ0n) is 13.0. The van der Waals surface area contributed by atoms with Gasteiger partial charge in [-0.1, -0.05) is 26.7 Å². The number of hydrogen-bond donors (Lipinski definition) is 2. The summed E-state index contributed by atoms with van der Waals surface area (Å²) in [4.78, 5) is 2.35. The first kappa shape index (κ1) is 15.3. The van der Waals surface area contributed by atoms with E-state index in [1.54, 1.807) is 0 Å². The highest BCUT2D eigenvalue weighted by molar-refractivity contribution is 4.90. The lowest BCUT2D eigenvalue weighted by Gasteiger charge is -2.36. The minimum atomic E-state index is -0.409. The van der Waals surface area contributed by atoms with E-state index in [-0.39, 0.29) is 0 Å². The predicted octanol–water partition coefficient (Wildman–Crippen LogP) is 2.39. The molecule has 0 aromatic carbocycles. The average Bonchev–Trinajstić information content (AvgIpc) is 3.09. The number of hydrogen-bond acceptors (Lipinski definition) is 3. The van der Waals surface area contributed by atoms with Gasteiger partial charge in [-0.05, 0) is 44.6 Å². The monoisotopic (exact) mass is 268 g/mol. The van der Waals surface area contributed by atoms with Crippen LogP contribution in [0.3, 0.4) is 0 Å². The first-order chi connectivity index (χ1) is 8.95. The van der Waals surface area contributed by atoms with Gasteiger partial charge in [-0.25, -0.2) is 0 Å². The molecule has 0 bridgehead atoms. The van der Waals surface area contributed by atoms with E-state index >= 15 is 0 Å². The van der Waals surface area contributed by atoms with Crippen LogP contribution in [0.2, 0.25) is 0 Å². The van der Waals surface area contributed by atoms with E-state index in [0.717, 1.165) is 38.5 Å². The summed E-state index contributed by atoms with van der Waals surface area (Å²) in [6, 6.07) is 0.787. The fraction of sp³-hybridized carbons (Fsp3) is 1.00. The second-order valence-electron chi connectivity index (χ2n) is 7.42. The lowest BCUT2D eigenvalue weighted by atomic mass is 9.86. The molecule has 0 aromatic heterocycles. The second-order valence-corrected chi connectivity index (χ2v) is 7.42. The van der Waals surface area contributed by atoms with Crippen molar-refractivity contribution in [3.05, 3.63) is 0 Å². The molecule has 2 aliphatic carbocycles. The van der Waals surface area contributed by atoms with Gasteiger partial charge in [0.2, 0.25) is 0 Å². The minimum absolute atomic E-state index is 0.326. The van der Waals surface area contributed by atoms with Crippen molar-refractivity contribution < 1.29 is 5.11 Å². The Balaban J connectivity index is 1.78. The van der Waals surface area contributed by atoms with Gasteiger partial charge >= 0.3 is 0 Å². The maximum Gasteiger partial charge on any atom is 0.0774 e. The van der Waals surface area contributed by atoms with Crippen LogP contribution in [0.25, 0.3) is 0 Å². The first-order valence-corrected chi connectivity index (χ1v) is 8.09. The normalized spacial score (nSPS) is 25.7. The number of rotatable bonds is 8. The predicted molar refractivity (Wildman–Crippen MR) is 80.3 cm³/mol. The van der Waals surface area contributed by atoms with Crippen molar-refractivity contribution in [1.82, 2.24) is 10.2 Å². The summed E-state index contributed by atoms with van der Waals surface area (Å²) in [7, 11) is 2.17. The zero-order valence-corrected chi connectivity index (χ0v) is 13.0. The summed E-state index contributed by atoms with van der Waals surface area (Å²) in [5.41, 5.74) is -0.0837.